The minimum Gasteiger partial charge on any atom is -0.381 e. The second kappa shape index (κ2) is 5.71. The zero-order valence-electron chi connectivity index (χ0n) is 10.3. The van der Waals surface area contributed by atoms with Crippen LogP contribution < -0.4 is 5.73 Å². The molecule has 0 aromatic rings. The molecule has 0 aliphatic carbocycles. The Balaban J connectivity index is 1.87. The molecule has 2 atom stereocenters. The van der Waals surface area contributed by atoms with E-state index in [0.717, 1.165) is 38.0 Å². The molecule has 0 aromatic heterocycles. The van der Waals surface area contributed by atoms with Crippen LogP contribution in [0, 0.1) is 5.41 Å². The minimum absolute atomic E-state index is 0.250. The van der Waals surface area contributed by atoms with E-state index in [0.29, 0.717) is 0 Å². The highest BCUT2D eigenvalue weighted by Crippen LogP contribution is 2.30. The molecule has 2 heterocycles. The predicted molar refractivity (Wildman–Crippen MR) is 69.9 cm³/mol. The third-order valence-electron chi connectivity index (χ3n) is 3.86. The Morgan fingerprint density at radius 2 is 2.44 bits per heavy atom. The lowest BCUT2D eigenvalue weighted by molar-refractivity contribution is 0.116. The molecular formula is C12H24N2OS. The van der Waals surface area contributed by atoms with Crippen molar-refractivity contribution in [3.8, 4) is 0 Å². The van der Waals surface area contributed by atoms with Gasteiger partial charge < -0.3 is 15.4 Å². The van der Waals surface area contributed by atoms with E-state index in [-0.39, 0.29) is 5.41 Å². The number of rotatable bonds is 4. The van der Waals surface area contributed by atoms with Crippen LogP contribution in [0.4, 0.5) is 0 Å². The smallest absolute Gasteiger partial charge is 0.0547 e. The fraction of sp³-hybridized carbons (Fsp3) is 1.00. The van der Waals surface area contributed by atoms with E-state index >= 15 is 0 Å². The Hall–Kier alpha value is 0.230. The van der Waals surface area contributed by atoms with Gasteiger partial charge in [-0.05, 0) is 12.8 Å². The molecule has 0 aromatic carbocycles. The summed E-state index contributed by atoms with van der Waals surface area (Å²) in [6.45, 7) is 8.43. The van der Waals surface area contributed by atoms with Crippen molar-refractivity contribution in [1.82, 2.24) is 4.90 Å². The van der Waals surface area contributed by atoms with E-state index in [4.69, 9.17) is 10.5 Å². The maximum Gasteiger partial charge on any atom is 0.0547 e. The maximum absolute atomic E-state index is 5.94. The third-order valence-corrected chi connectivity index (χ3v) is 5.23. The van der Waals surface area contributed by atoms with Gasteiger partial charge in [-0.2, -0.15) is 11.8 Å². The van der Waals surface area contributed by atoms with Gasteiger partial charge in [-0.3, -0.25) is 0 Å². The van der Waals surface area contributed by atoms with Crippen LogP contribution in [0.1, 0.15) is 19.8 Å². The molecule has 2 unspecified atom stereocenters. The van der Waals surface area contributed by atoms with Gasteiger partial charge in [0.15, 0.2) is 0 Å². The van der Waals surface area contributed by atoms with Crippen molar-refractivity contribution in [3.05, 3.63) is 0 Å². The van der Waals surface area contributed by atoms with Crippen LogP contribution in [-0.2, 0) is 4.74 Å². The summed E-state index contributed by atoms with van der Waals surface area (Å²) >= 11 is 2.13. The Bertz CT molecular complexity index is 219. The molecular weight excluding hydrogens is 220 g/mol. The lowest BCUT2D eigenvalue weighted by Crippen LogP contribution is -2.47. The molecule has 3 nitrogen and oxygen atoms in total. The van der Waals surface area contributed by atoms with Crippen LogP contribution in [0.5, 0.6) is 0 Å². The van der Waals surface area contributed by atoms with E-state index in [9.17, 15) is 0 Å². The van der Waals surface area contributed by atoms with Gasteiger partial charge in [-0.15, -0.1) is 0 Å². The van der Waals surface area contributed by atoms with Crippen LogP contribution in [-0.4, -0.2) is 55.3 Å². The first-order valence-electron chi connectivity index (χ1n) is 6.40. The summed E-state index contributed by atoms with van der Waals surface area (Å²) in [7, 11) is 0. The molecule has 2 aliphatic heterocycles. The zero-order chi connectivity index (χ0) is 11.4. The molecule has 2 rings (SSSR count). The summed E-state index contributed by atoms with van der Waals surface area (Å²) in [5, 5.41) is 0.825. The number of hydrogen-bond acceptors (Lipinski definition) is 4. The normalized spacial score (nSPS) is 36.8. The van der Waals surface area contributed by atoms with Gasteiger partial charge in [0.1, 0.15) is 0 Å². The van der Waals surface area contributed by atoms with Crippen molar-refractivity contribution in [3.63, 3.8) is 0 Å². The van der Waals surface area contributed by atoms with Gasteiger partial charge >= 0.3 is 0 Å². The van der Waals surface area contributed by atoms with Gasteiger partial charge in [0.05, 0.1) is 6.61 Å². The van der Waals surface area contributed by atoms with Crippen LogP contribution >= 0.6 is 11.8 Å². The molecule has 2 N–H and O–H groups in total. The van der Waals surface area contributed by atoms with E-state index in [1.165, 1.54) is 25.3 Å². The molecule has 0 radical (unpaired) electrons. The van der Waals surface area contributed by atoms with Crippen molar-refractivity contribution in [1.29, 1.82) is 0 Å². The highest BCUT2D eigenvalue weighted by atomic mass is 32.2. The summed E-state index contributed by atoms with van der Waals surface area (Å²) in [6.07, 6.45) is 2.43. The molecule has 94 valence electrons. The van der Waals surface area contributed by atoms with E-state index < -0.39 is 0 Å². The maximum atomic E-state index is 5.94. The number of nitrogens with two attached hydrogens (primary N) is 1. The van der Waals surface area contributed by atoms with Crippen molar-refractivity contribution >= 4 is 11.8 Å². The average Bonchev–Trinajstić information content (AvgIpc) is 2.78. The average molecular weight is 244 g/mol. The largest absolute Gasteiger partial charge is 0.381 e. The second-order valence-electron chi connectivity index (χ2n) is 5.14. The minimum atomic E-state index is 0.250. The molecule has 2 saturated heterocycles. The first-order chi connectivity index (χ1) is 7.78. The molecule has 0 amide bonds. The van der Waals surface area contributed by atoms with Crippen LogP contribution in [0.2, 0.25) is 0 Å². The molecule has 2 aliphatic rings. The van der Waals surface area contributed by atoms with Gasteiger partial charge in [0.25, 0.3) is 0 Å². The predicted octanol–water partition coefficient (Wildman–Crippen LogP) is 1.18. The topological polar surface area (TPSA) is 38.5 Å². The van der Waals surface area contributed by atoms with Crippen molar-refractivity contribution < 1.29 is 4.74 Å². The molecule has 0 bridgehead atoms. The van der Waals surface area contributed by atoms with Gasteiger partial charge in [0.2, 0.25) is 0 Å². The summed E-state index contributed by atoms with van der Waals surface area (Å²) in [6, 6.07) is 0. The lowest BCUT2D eigenvalue weighted by atomic mass is 9.86. The Kier molecular flexibility index (Phi) is 4.53. The number of hydrogen-bond donors (Lipinski definition) is 1. The number of nitrogens with zero attached hydrogens (tertiary/aromatic N) is 1. The highest BCUT2D eigenvalue weighted by Gasteiger charge is 2.36. The molecule has 0 spiro atoms. The first kappa shape index (κ1) is 12.7. The summed E-state index contributed by atoms with van der Waals surface area (Å²) in [4.78, 5) is 2.60. The van der Waals surface area contributed by atoms with E-state index in [2.05, 4.69) is 23.6 Å². The molecule has 4 heteroatoms. The quantitative estimate of drug-likeness (QED) is 0.806. The van der Waals surface area contributed by atoms with Crippen LogP contribution in [0.3, 0.4) is 0 Å². The van der Waals surface area contributed by atoms with E-state index in [1.54, 1.807) is 0 Å². The van der Waals surface area contributed by atoms with Crippen molar-refractivity contribution in [2.75, 3.05) is 45.1 Å². The van der Waals surface area contributed by atoms with Gasteiger partial charge in [0, 0.05) is 49.2 Å². The monoisotopic (exact) mass is 244 g/mol. The number of thioether (sulfide) groups is 1. The van der Waals surface area contributed by atoms with Crippen molar-refractivity contribution in [2.24, 2.45) is 11.1 Å². The molecule has 0 saturated carbocycles. The second-order valence-corrected chi connectivity index (χ2v) is 6.55. The van der Waals surface area contributed by atoms with Crippen LogP contribution in [0.15, 0.2) is 0 Å². The van der Waals surface area contributed by atoms with E-state index in [1.807, 2.05) is 0 Å². The summed E-state index contributed by atoms with van der Waals surface area (Å²) < 4.78 is 5.53. The standard InChI is InChI=1S/C12H24N2OS/c1-2-11-7-14(4-6-16-11)9-12(8-13)3-5-15-10-12/h11H,2-10,13H2,1H3. The van der Waals surface area contributed by atoms with Crippen molar-refractivity contribution in [2.45, 2.75) is 25.0 Å². The lowest BCUT2D eigenvalue weighted by Gasteiger charge is -2.38. The Morgan fingerprint density at radius 3 is 3.06 bits per heavy atom. The Labute approximate surface area is 103 Å². The molecule has 2 fully saturated rings. The Morgan fingerprint density at radius 1 is 1.56 bits per heavy atom. The fourth-order valence-electron chi connectivity index (χ4n) is 2.65. The van der Waals surface area contributed by atoms with Gasteiger partial charge in [-0.1, -0.05) is 6.92 Å². The van der Waals surface area contributed by atoms with Gasteiger partial charge in [-0.25, -0.2) is 0 Å². The third kappa shape index (κ3) is 2.92. The first-order valence-corrected chi connectivity index (χ1v) is 7.45. The molecule has 16 heavy (non-hydrogen) atoms. The fourth-order valence-corrected chi connectivity index (χ4v) is 3.89. The summed E-state index contributed by atoms with van der Waals surface area (Å²) in [5.74, 6) is 1.28. The SMILES string of the molecule is CCC1CN(CC2(CN)CCOC2)CCS1. The number of ether oxygens (including phenoxy) is 1. The van der Waals surface area contributed by atoms with Crippen LogP contribution in [0.25, 0.3) is 0 Å². The zero-order valence-corrected chi connectivity index (χ0v) is 11.1. The highest BCUT2D eigenvalue weighted by molar-refractivity contribution is 8.00. The summed E-state index contributed by atoms with van der Waals surface area (Å²) in [5.41, 5.74) is 6.19.